The van der Waals surface area contributed by atoms with E-state index in [0.717, 1.165) is 17.1 Å². The number of halogens is 1. The van der Waals surface area contributed by atoms with E-state index in [1.807, 2.05) is 6.92 Å². The fourth-order valence-electron chi connectivity index (χ4n) is 3.08. The number of carbonyl (C=O) groups excluding carboxylic acids is 2. The third-order valence-electron chi connectivity index (χ3n) is 4.46. The highest BCUT2D eigenvalue weighted by molar-refractivity contribution is 7.16. The molecule has 1 aromatic heterocycles. The molecule has 3 amide bonds. The molecule has 2 aliphatic rings. The number of likely N-dealkylation sites (N-methyl/N-ethyl adjacent to an activating group) is 1. The molecule has 0 aliphatic carbocycles. The van der Waals surface area contributed by atoms with Crippen LogP contribution in [-0.4, -0.2) is 72.2 Å². The molecule has 1 aromatic rings. The molecule has 2 fully saturated rings. The first-order valence-electron chi connectivity index (χ1n) is 7.91. The van der Waals surface area contributed by atoms with Crippen LogP contribution in [0.5, 0.6) is 0 Å². The van der Waals surface area contributed by atoms with Crippen LogP contribution in [0.3, 0.4) is 0 Å². The van der Waals surface area contributed by atoms with Crippen molar-refractivity contribution in [2.75, 3.05) is 39.8 Å². The number of nitrogens with zero attached hydrogens (tertiary/aromatic N) is 3. The lowest BCUT2D eigenvalue weighted by atomic mass is 10.0. The normalized spacial score (nSPS) is 24.0. The fourth-order valence-corrected chi connectivity index (χ4v) is 4.18. The van der Waals surface area contributed by atoms with E-state index in [-0.39, 0.29) is 18.5 Å². The molecule has 0 bridgehead atoms. The zero-order chi connectivity index (χ0) is 17.3. The summed E-state index contributed by atoms with van der Waals surface area (Å²) >= 11 is 7.45. The van der Waals surface area contributed by atoms with E-state index in [9.17, 15) is 9.59 Å². The van der Waals surface area contributed by atoms with Crippen LogP contribution in [0.4, 0.5) is 4.79 Å². The molecule has 3 heterocycles. The first kappa shape index (κ1) is 17.4. The van der Waals surface area contributed by atoms with Crippen LogP contribution in [0.1, 0.15) is 17.1 Å². The van der Waals surface area contributed by atoms with Gasteiger partial charge in [0.15, 0.2) is 0 Å². The van der Waals surface area contributed by atoms with Gasteiger partial charge >= 0.3 is 6.03 Å². The lowest BCUT2D eigenvalue weighted by molar-refractivity contribution is -0.158. The van der Waals surface area contributed by atoms with Gasteiger partial charge in [-0.15, -0.1) is 11.3 Å². The standard InChI is InChI=1S/C15H21ClN4O3S/c1-10-13(16)24-11(18-10)3-5-17-14(22)20-6-4-15(9-20)8-19(2)12(21)7-23-15/h3-9H2,1-2H3,(H,17,22)/t15-/m0/s1. The maximum Gasteiger partial charge on any atom is 0.317 e. The van der Waals surface area contributed by atoms with Crippen molar-refractivity contribution in [1.29, 1.82) is 0 Å². The summed E-state index contributed by atoms with van der Waals surface area (Å²) in [5.74, 6) is -0.0130. The second-order valence-corrected chi connectivity index (χ2v) is 8.03. The van der Waals surface area contributed by atoms with Gasteiger partial charge in [0.25, 0.3) is 0 Å². The smallest absolute Gasteiger partial charge is 0.317 e. The number of rotatable bonds is 3. The number of aryl methyl sites for hydroxylation is 1. The predicted molar refractivity (Wildman–Crippen MR) is 91.5 cm³/mol. The van der Waals surface area contributed by atoms with Crippen LogP contribution in [0.2, 0.25) is 4.34 Å². The van der Waals surface area contributed by atoms with E-state index in [0.29, 0.717) is 36.9 Å². The first-order valence-corrected chi connectivity index (χ1v) is 9.10. The molecule has 0 saturated carbocycles. The lowest BCUT2D eigenvalue weighted by Gasteiger charge is -2.38. The van der Waals surface area contributed by atoms with Gasteiger partial charge in [-0.1, -0.05) is 11.6 Å². The van der Waals surface area contributed by atoms with Crippen LogP contribution < -0.4 is 5.32 Å². The van der Waals surface area contributed by atoms with E-state index < -0.39 is 5.60 Å². The van der Waals surface area contributed by atoms with Gasteiger partial charge in [-0.2, -0.15) is 0 Å². The summed E-state index contributed by atoms with van der Waals surface area (Å²) in [6, 6.07) is -0.102. The van der Waals surface area contributed by atoms with Crippen molar-refractivity contribution in [3.8, 4) is 0 Å². The summed E-state index contributed by atoms with van der Waals surface area (Å²) < 4.78 is 6.44. The van der Waals surface area contributed by atoms with Gasteiger partial charge in [0.05, 0.1) is 23.8 Å². The Morgan fingerprint density at radius 3 is 2.96 bits per heavy atom. The van der Waals surface area contributed by atoms with Crippen molar-refractivity contribution in [3.63, 3.8) is 0 Å². The molecule has 1 spiro atoms. The van der Waals surface area contributed by atoms with Gasteiger partial charge in [0.1, 0.15) is 16.5 Å². The Bertz CT molecular complexity index is 633. The molecule has 2 saturated heterocycles. The Morgan fingerprint density at radius 2 is 2.29 bits per heavy atom. The van der Waals surface area contributed by atoms with Gasteiger partial charge in [-0.3, -0.25) is 4.79 Å². The Kier molecular flexibility index (Phi) is 4.98. The SMILES string of the molecule is Cc1nc(CCNC(=O)N2CC[C@]3(CN(C)C(=O)CO3)C2)sc1Cl. The van der Waals surface area contributed by atoms with Crippen LogP contribution in [0.15, 0.2) is 0 Å². The molecule has 132 valence electrons. The van der Waals surface area contributed by atoms with Gasteiger partial charge in [0, 0.05) is 26.6 Å². The second kappa shape index (κ2) is 6.85. The zero-order valence-corrected chi connectivity index (χ0v) is 15.4. The van der Waals surface area contributed by atoms with Gasteiger partial charge in [0.2, 0.25) is 5.91 Å². The van der Waals surface area contributed by atoms with Crippen LogP contribution in [0.25, 0.3) is 0 Å². The fraction of sp³-hybridized carbons (Fsp3) is 0.667. The maximum atomic E-state index is 12.3. The summed E-state index contributed by atoms with van der Waals surface area (Å²) in [6.45, 7) is 4.17. The van der Waals surface area contributed by atoms with Crippen molar-refractivity contribution in [2.24, 2.45) is 0 Å². The number of carbonyl (C=O) groups is 2. The minimum Gasteiger partial charge on any atom is -0.361 e. The Morgan fingerprint density at radius 1 is 1.50 bits per heavy atom. The van der Waals surface area contributed by atoms with E-state index in [2.05, 4.69) is 10.3 Å². The monoisotopic (exact) mass is 372 g/mol. The Balaban J connectivity index is 1.47. The van der Waals surface area contributed by atoms with Crippen molar-refractivity contribution >= 4 is 34.9 Å². The molecule has 2 aliphatic heterocycles. The highest BCUT2D eigenvalue weighted by Crippen LogP contribution is 2.29. The molecule has 1 atom stereocenters. The molecule has 3 rings (SSSR count). The van der Waals surface area contributed by atoms with E-state index >= 15 is 0 Å². The minimum absolute atomic E-state index is 0.0130. The minimum atomic E-state index is -0.417. The third-order valence-corrected chi connectivity index (χ3v) is 5.97. The molecule has 7 nitrogen and oxygen atoms in total. The first-order chi connectivity index (χ1) is 11.4. The van der Waals surface area contributed by atoms with Gasteiger partial charge in [-0.05, 0) is 13.3 Å². The number of morpholine rings is 1. The summed E-state index contributed by atoms with van der Waals surface area (Å²) in [5.41, 5.74) is 0.414. The van der Waals surface area contributed by atoms with E-state index in [4.69, 9.17) is 16.3 Å². The molecule has 0 unspecified atom stereocenters. The maximum absolute atomic E-state index is 12.3. The molecule has 1 N–H and O–H groups in total. The van der Waals surface area contributed by atoms with Crippen LogP contribution in [0, 0.1) is 6.92 Å². The number of aromatic nitrogens is 1. The van der Waals surface area contributed by atoms with E-state index in [1.165, 1.54) is 11.3 Å². The molecule has 0 aromatic carbocycles. The number of nitrogens with one attached hydrogen (secondary N) is 1. The Hall–Kier alpha value is -1.38. The summed E-state index contributed by atoms with van der Waals surface area (Å²) in [4.78, 5) is 31.6. The number of ether oxygens (including phenoxy) is 1. The van der Waals surface area contributed by atoms with Crippen molar-refractivity contribution in [3.05, 3.63) is 15.0 Å². The average molecular weight is 373 g/mol. The van der Waals surface area contributed by atoms with Gasteiger partial charge < -0.3 is 19.9 Å². The van der Waals surface area contributed by atoms with E-state index in [1.54, 1.807) is 16.8 Å². The molecule has 0 radical (unpaired) electrons. The number of hydrogen-bond donors (Lipinski definition) is 1. The highest BCUT2D eigenvalue weighted by Gasteiger charge is 2.45. The predicted octanol–water partition coefficient (Wildman–Crippen LogP) is 1.29. The number of hydrogen-bond acceptors (Lipinski definition) is 5. The number of urea groups is 1. The molecule has 9 heteroatoms. The molecule has 24 heavy (non-hydrogen) atoms. The molecular weight excluding hydrogens is 352 g/mol. The van der Waals surface area contributed by atoms with Crippen molar-refractivity contribution in [1.82, 2.24) is 20.1 Å². The summed E-state index contributed by atoms with van der Waals surface area (Å²) in [5, 5.41) is 3.84. The zero-order valence-electron chi connectivity index (χ0n) is 13.8. The highest BCUT2D eigenvalue weighted by atomic mass is 35.5. The molecular formula is C15H21ClN4O3S. The number of thiazole rings is 1. The Labute approximate surface area is 149 Å². The third kappa shape index (κ3) is 3.65. The van der Waals surface area contributed by atoms with Crippen molar-refractivity contribution < 1.29 is 14.3 Å². The van der Waals surface area contributed by atoms with Crippen molar-refractivity contribution in [2.45, 2.75) is 25.4 Å². The lowest BCUT2D eigenvalue weighted by Crippen LogP contribution is -2.55. The number of likely N-dealkylation sites (tertiary alicyclic amines) is 1. The quantitative estimate of drug-likeness (QED) is 0.867. The average Bonchev–Trinajstić information content (AvgIpc) is 3.08. The number of amides is 3. The largest absolute Gasteiger partial charge is 0.361 e. The topological polar surface area (TPSA) is 74.8 Å². The summed E-state index contributed by atoms with van der Waals surface area (Å²) in [6.07, 6.45) is 1.41. The van der Waals surface area contributed by atoms with Crippen LogP contribution >= 0.6 is 22.9 Å². The summed E-state index contributed by atoms with van der Waals surface area (Å²) in [7, 11) is 1.77. The van der Waals surface area contributed by atoms with Gasteiger partial charge in [-0.25, -0.2) is 9.78 Å². The van der Waals surface area contributed by atoms with Crippen LogP contribution in [-0.2, 0) is 16.0 Å². The second-order valence-electron chi connectivity index (χ2n) is 6.34.